The minimum Gasteiger partial charge on any atom is -0.480 e. The Morgan fingerprint density at radius 1 is 1.46 bits per heavy atom. The zero-order valence-corrected chi connectivity index (χ0v) is 14.7. The smallest absolute Gasteiger partial charge is 0.325 e. The second kappa shape index (κ2) is 6.94. The molecule has 1 aliphatic rings. The van der Waals surface area contributed by atoms with E-state index in [0.29, 0.717) is 11.1 Å². The number of carboxylic acids is 1. The van der Waals surface area contributed by atoms with Gasteiger partial charge in [0.2, 0.25) is 0 Å². The summed E-state index contributed by atoms with van der Waals surface area (Å²) in [7, 11) is 1.85. The summed E-state index contributed by atoms with van der Waals surface area (Å²) in [5, 5.41) is 18.3. The van der Waals surface area contributed by atoms with Crippen LogP contribution in [0.5, 0.6) is 0 Å². The average molecular weight is 352 g/mol. The first-order chi connectivity index (χ1) is 11.4. The first-order valence-electron chi connectivity index (χ1n) is 8.09. The molecular formula is C16H22ClN5O2. The van der Waals surface area contributed by atoms with Gasteiger partial charge in [-0.1, -0.05) is 11.6 Å². The Balaban J connectivity index is 1.68. The fraction of sp³-hybridized carbons (Fsp3) is 0.562. The molecule has 7 nitrogen and oxygen atoms in total. The van der Waals surface area contributed by atoms with Crippen molar-refractivity contribution in [3.05, 3.63) is 34.4 Å². The van der Waals surface area contributed by atoms with Crippen molar-refractivity contribution in [1.82, 2.24) is 24.5 Å². The van der Waals surface area contributed by atoms with Crippen LogP contribution in [0.25, 0.3) is 0 Å². The summed E-state index contributed by atoms with van der Waals surface area (Å²) in [6.07, 6.45) is 3.90. The number of aromatic nitrogens is 4. The lowest BCUT2D eigenvalue weighted by atomic mass is 9.94. The van der Waals surface area contributed by atoms with Gasteiger partial charge in [-0.25, -0.2) is 0 Å². The molecule has 0 saturated carbocycles. The zero-order valence-electron chi connectivity index (χ0n) is 13.9. The Hall–Kier alpha value is -1.86. The van der Waals surface area contributed by atoms with Crippen LogP contribution in [-0.4, -0.2) is 48.6 Å². The fourth-order valence-electron chi connectivity index (χ4n) is 3.34. The highest BCUT2D eigenvalue weighted by atomic mass is 35.5. The number of piperidine rings is 1. The first kappa shape index (κ1) is 17.0. The molecule has 3 heterocycles. The minimum atomic E-state index is -0.878. The topological polar surface area (TPSA) is 76.2 Å². The van der Waals surface area contributed by atoms with Gasteiger partial charge in [-0.15, -0.1) is 0 Å². The van der Waals surface area contributed by atoms with Crippen LogP contribution in [0.1, 0.15) is 35.7 Å². The lowest BCUT2D eigenvalue weighted by molar-refractivity contribution is -0.137. The standard InChI is InChI=1S/C16H22ClN5O2/c1-11-13(16(17)20(2)18-11)9-21-6-3-4-12(8-21)14-5-7-22(19-14)10-15(23)24/h5,7,12H,3-4,6,8-10H2,1-2H3,(H,23,24)/t12-/m1/s1. The predicted octanol–water partition coefficient (Wildman–Crippen LogP) is 2.04. The van der Waals surface area contributed by atoms with Gasteiger partial charge in [-0.3, -0.25) is 19.1 Å². The van der Waals surface area contributed by atoms with Crippen LogP contribution in [0, 0.1) is 6.92 Å². The number of halogens is 1. The van der Waals surface area contributed by atoms with Crippen molar-refractivity contribution in [2.45, 2.75) is 38.8 Å². The molecule has 0 radical (unpaired) electrons. The maximum Gasteiger partial charge on any atom is 0.325 e. The molecule has 1 saturated heterocycles. The number of aliphatic carboxylic acids is 1. The second-order valence-corrected chi connectivity index (χ2v) is 6.74. The van der Waals surface area contributed by atoms with Crippen molar-refractivity contribution in [1.29, 1.82) is 0 Å². The molecule has 24 heavy (non-hydrogen) atoms. The normalized spacial score (nSPS) is 18.9. The van der Waals surface area contributed by atoms with Gasteiger partial charge in [0.25, 0.3) is 0 Å². The van der Waals surface area contributed by atoms with Crippen molar-refractivity contribution < 1.29 is 9.90 Å². The molecule has 0 aromatic carbocycles. The van der Waals surface area contributed by atoms with Crippen molar-refractivity contribution in [2.24, 2.45) is 7.05 Å². The molecule has 1 atom stereocenters. The molecule has 0 aliphatic carbocycles. The van der Waals surface area contributed by atoms with Crippen LogP contribution in [0.3, 0.4) is 0 Å². The van der Waals surface area contributed by atoms with Gasteiger partial charge in [0.05, 0.1) is 11.4 Å². The molecule has 130 valence electrons. The predicted molar refractivity (Wildman–Crippen MR) is 90.1 cm³/mol. The van der Waals surface area contributed by atoms with E-state index in [4.69, 9.17) is 16.7 Å². The lowest BCUT2D eigenvalue weighted by Gasteiger charge is -2.31. The summed E-state index contributed by atoms with van der Waals surface area (Å²) in [5.74, 6) is -0.554. The summed E-state index contributed by atoms with van der Waals surface area (Å²) in [6, 6.07) is 1.93. The molecule has 2 aromatic heterocycles. The molecule has 1 fully saturated rings. The van der Waals surface area contributed by atoms with Crippen LogP contribution < -0.4 is 0 Å². The van der Waals surface area contributed by atoms with E-state index < -0.39 is 5.97 Å². The first-order valence-corrected chi connectivity index (χ1v) is 8.47. The molecule has 1 N–H and O–H groups in total. The van der Waals surface area contributed by atoms with Crippen LogP contribution in [0.4, 0.5) is 0 Å². The minimum absolute atomic E-state index is 0.0963. The number of nitrogens with zero attached hydrogens (tertiary/aromatic N) is 5. The Morgan fingerprint density at radius 2 is 2.25 bits per heavy atom. The number of rotatable bonds is 5. The highest BCUT2D eigenvalue weighted by Crippen LogP contribution is 2.28. The molecule has 8 heteroatoms. The van der Waals surface area contributed by atoms with Crippen molar-refractivity contribution in [3.63, 3.8) is 0 Å². The van der Waals surface area contributed by atoms with Gasteiger partial charge in [0.15, 0.2) is 0 Å². The van der Waals surface area contributed by atoms with Gasteiger partial charge in [-0.2, -0.15) is 10.2 Å². The number of carbonyl (C=O) groups is 1. The van der Waals surface area contributed by atoms with E-state index >= 15 is 0 Å². The van der Waals surface area contributed by atoms with Crippen LogP contribution in [0.2, 0.25) is 5.15 Å². The monoisotopic (exact) mass is 351 g/mol. The van der Waals surface area contributed by atoms with E-state index in [9.17, 15) is 4.79 Å². The highest BCUT2D eigenvalue weighted by Gasteiger charge is 2.25. The van der Waals surface area contributed by atoms with Gasteiger partial charge in [0.1, 0.15) is 11.7 Å². The Kier molecular flexibility index (Phi) is 4.91. The molecule has 1 aliphatic heterocycles. The molecule has 0 bridgehead atoms. The maximum atomic E-state index is 10.8. The third-order valence-corrected chi connectivity index (χ3v) is 5.01. The second-order valence-electron chi connectivity index (χ2n) is 6.38. The van der Waals surface area contributed by atoms with E-state index in [1.807, 2.05) is 20.0 Å². The quantitative estimate of drug-likeness (QED) is 0.892. The fourth-order valence-corrected chi connectivity index (χ4v) is 3.57. The average Bonchev–Trinajstić information content (AvgIpc) is 3.08. The number of hydrogen-bond acceptors (Lipinski definition) is 4. The number of likely N-dealkylation sites (tertiary alicyclic amines) is 1. The molecule has 0 unspecified atom stereocenters. The van der Waals surface area contributed by atoms with Crippen LogP contribution >= 0.6 is 11.6 Å². The molecule has 3 rings (SSSR count). The lowest BCUT2D eigenvalue weighted by Crippen LogP contribution is -2.34. The summed E-state index contributed by atoms with van der Waals surface area (Å²) < 4.78 is 3.19. The van der Waals surface area contributed by atoms with Crippen LogP contribution in [0.15, 0.2) is 12.3 Å². The van der Waals surface area contributed by atoms with E-state index in [1.165, 1.54) is 4.68 Å². The zero-order chi connectivity index (χ0) is 17.3. The van der Waals surface area contributed by atoms with Gasteiger partial charge in [-0.05, 0) is 32.4 Å². The van der Waals surface area contributed by atoms with Crippen molar-refractivity contribution in [2.75, 3.05) is 13.1 Å². The Bertz CT molecular complexity index is 739. The maximum absolute atomic E-state index is 10.8. The van der Waals surface area contributed by atoms with Gasteiger partial charge >= 0.3 is 5.97 Å². The molecule has 2 aromatic rings. The molecular weight excluding hydrogens is 330 g/mol. The Morgan fingerprint density at radius 3 is 2.92 bits per heavy atom. The van der Waals surface area contributed by atoms with Gasteiger partial charge < -0.3 is 5.11 Å². The molecule has 0 spiro atoms. The summed E-state index contributed by atoms with van der Waals surface area (Å²) in [5.41, 5.74) is 3.02. The van der Waals surface area contributed by atoms with Gasteiger partial charge in [0, 0.05) is 37.8 Å². The SMILES string of the molecule is Cc1nn(C)c(Cl)c1CN1CCC[C@@H](c2ccn(CC(=O)O)n2)C1. The van der Waals surface area contributed by atoms with Crippen molar-refractivity contribution >= 4 is 17.6 Å². The number of hydrogen-bond donors (Lipinski definition) is 1. The van der Waals surface area contributed by atoms with E-state index in [-0.39, 0.29) is 6.54 Å². The van der Waals surface area contributed by atoms with E-state index in [0.717, 1.165) is 49.4 Å². The van der Waals surface area contributed by atoms with E-state index in [2.05, 4.69) is 15.1 Å². The summed E-state index contributed by atoms with van der Waals surface area (Å²) >= 11 is 6.34. The number of aryl methyl sites for hydroxylation is 2. The largest absolute Gasteiger partial charge is 0.480 e. The Labute approximate surface area is 145 Å². The highest BCUT2D eigenvalue weighted by molar-refractivity contribution is 6.30. The molecule has 0 amide bonds. The van der Waals surface area contributed by atoms with Crippen LogP contribution in [-0.2, 0) is 24.9 Å². The summed E-state index contributed by atoms with van der Waals surface area (Å²) in [6.45, 7) is 4.59. The van der Waals surface area contributed by atoms with Crippen molar-refractivity contribution in [3.8, 4) is 0 Å². The van der Waals surface area contributed by atoms with E-state index in [1.54, 1.807) is 10.9 Å². The number of carboxylic acid groups (broad SMARTS) is 1. The third kappa shape index (κ3) is 3.62. The summed E-state index contributed by atoms with van der Waals surface area (Å²) in [4.78, 5) is 13.2. The third-order valence-electron chi connectivity index (χ3n) is 4.53.